The van der Waals surface area contributed by atoms with Gasteiger partial charge in [0.25, 0.3) is 0 Å². The molecule has 0 atom stereocenters. The molecule has 0 unspecified atom stereocenters. The van der Waals surface area contributed by atoms with Crippen LogP contribution in [0.3, 0.4) is 0 Å². The normalized spacial score (nSPS) is 14.3. The molecule has 0 bridgehead atoms. The van der Waals surface area contributed by atoms with Crippen molar-refractivity contribution in [2.75, 3.05) is 21.2 Å². The molecule has 1 fully saturated rings. The van der Waals surface area contributed by atoms with E-state index in [9.17, 15) is 0 Å². The summed E-state index contributed by atoms with van der Waals surface area (Å²) in [6, 6.07) is 6.10. The second-order valence-corrected chi connectivity index (χ2v) is 5.15. The summed E-state index contributed by atoms with van der Waals surface area (Å²) >= 11 is 0. The van der Waals surface area contributed by atoms with E-state index in [1.807, 2.05) is 53.1 Å². The Balaban J connectivity index is 0.000000345. The fourth-order valence-corrected chi connectivity index (χ4v) is 2.14. The number of aromatic nitrogens is 1. The quantitative estimate of drug-likeness (QED) is 0.835. The Kier molecular flexibility index (Phi) is 11.3. The maximum atomic E-state index is 5.11. The van der Waals surface area contributed by atoms with Gasteiger partial charge in [-0.05, 0) is 46.0 Å². The van der Waals surface area contributed by atoms with Crippen LogP contribution in [0.4, 0.5) is 0 Å². The largest absolute Gasteiger partial charge is 0.381 e. The molecule has 116 valence electrons. The molecule has 1 aromatic rings. The van der Waals surface area contributed by atoms with Gasteiger partial charge < -0.3 is 9.64 Å². The third-order valence-electron chi connectivity index (χ3n) is 3.06. The molecule has 1 aliphatic carbocycles. The molecule has 0 N–H and O–H groups in total. The predicted molar refractivity (Wildman–Crippen MR) is 87.0 cm³/mol. The smallest absolute Gasteiger partial charge is 0.0571 e. The molecule has 2 rings (SSSR count). The van der Waals surface area contributed by atoms with Gasteiger partial charge in [-0.2, -0.15) is 0 Å². The van der Waals surface area contributed by atoms with Crippen LogP contribution in [-0.2, 0) is 11.3 Å². The number of methoxy groups -OCH3 is 1. The minimum atomic E-state index is 0.597. The van der Waals surface area contributed by atoms with Gasteiger partial charge >= 0.3 is 0 Å². The maximum Gasteiger partial charge on any atom is 0.0571 e. The van der Waals surface area contributed by atoms with Gasteiger partial charge in [0.2, 0.25) is 0 Å². The van der Waals surface area contributed by atoms with Gasteiger partial charge in [-0.3, -0.25) is 4.98 Å². The van der Waals surface area contributed by atoms with Gasteiger partial charge in [0.1, 0.15) is 0 Å². The fraction of sp³-hybridized carbons (Fsp3) is 0.706. The first-order valence-corrected chi connectivity index (χ1v) is 7.72. The first kappa shape index (κ1) is 19.1. The summed E-state index contributed by atoms with van der Waals surface area (Å²) in [4.78, 5) is 6.48. The Morgan fingerprint density at radius 2 is 1.80 bits per heavy atom. The summed E-state index contributed by atoms with van der Waals surface area (Å²) in [6.07, 6.45) is 5.92. The van der Waals surface area contributed by atoms with E-state index in [4.69, 9.17) is 4.74 Å². The van der Waals surface area contributed by atoms with Crippen LogP contribution in [0.5, 0.6) is 0 Å². The zero-order chi connectivity index (χ0) is 15.4. The van der Waals surface area contributed by atoms with Gasteiger partial charge in [-0.15, -0.1) is 0 Å². The van der Waals surface area contributed by atoms with Crippen molar-refractivity contribution in [3.63, 3.8) is 0 Å². The summed E-state index contributed by atoms with van der Waals surface area (Å²) in [5, 5.41) is 0. The Hall–Kier alpha value is -0.930. The van der Waals surface area contributed by atoms with E-state index in [2.05, 4.69) is 9.88 Å². The van der Waals surface area contributed by atoms with Crippen molar-refractivity contribution in [2.45, 2.75) is 59.1 Å². The lowest BCUT2D eigenvalue weighted by atomic mass is 10.3. The lowest BCUT2D eigenvalue weighted by molar-refractivity contribution is 0.109. The fourth-order valence-electron chi connectivity index (χ4n) is 2.14. The molecule has 0 spiro atoms. The zero-order valence-electron chi connectivity index (χ0n) is 14.1. The predicted octanol–water partition coefficient (Wildman–Crippen LogP) is 4.05. The highest BCUT2D eigenvalue weighted by molar-refractivity contribution is 5.09. The van der Waals surface area contributed by atoms with Crippen LogP contribution >= 0.6 is 0 Å². The molecule has 0 saturated heterocycles. The maximum absolute atomic E-state index is 5.11. The molecule has 1 aromatic heterocycles. The molecule has 20 heavy (non-hydrogen) atoms. The molecule has 3 heteroatoms. The van der Waals surface area contributed by atoms with Gasteiger partial charge in [0.15, 0.2) is 0 Å². The number of pyridine rings is 1. The molecule has 1 aliphatic rings. The van der Waals surface area contributed by atoms with Crippen molar-refractivity contribution < 1.29 is 4.74 Å². The van der Waals surface area contributed by atoms with Crippen molar-refractivity contribution >= 4 is 0 Å². The van der Waals surface area contributed by atoms with Crippen molar-refractivity contribution in [1.29, 1.82) is 0 Å². The van der Waals surface area contributed by atoms with E-state index >= 15 is 0 Å². The van der Waals surface area contributed by atoms with Gasteiger partial charge in [-0.25, -0.2) is 0 Å². The summed E-state index contributed by atoms with van der Waals surface area (Å²) in [5.41, 5.74) is 2.22. The molecule has 1 heterocycles. The van der Waals surface area contributed by atoms with Crippen molar-refractivity contribution in [3.8, 4) is 0 Å². The second kappa shape index (κ2) is 11.9. The second-order valence-electron chi connectivity index (χ2n) is 5.15. The standard InChI is InChI=1S/C9H14N2.C6H12O.C2H6/c1-8-5-4-6-9(10-8)7-11(2)3;1-7-6-4-2-3-5-6;1-2/h4-6H,7H2,1-3H3;6H,2-5H2,1H3;1-2H3. The average molecular weight is 280 g/mol. The Morgan fingerprint density at radius 3 is 2.20 bits per heavy atom. The van der Waals surface area contributed by atoms with Crippen molar-refractivity contribution in [1.82, 2.24) is 9.88 Å². The number of aryl methyl sites for hydroxylation is 1. The molecule has 0 amide bonds. The Bertz CT molecular complexity index is 334. The summed E-state index contributed by atoms with van der Waals surface area (Å²) < 4.78 is 5.11. The Morgan fingerprint density at radius 1 is 1.20 bits per heavy atom. The number of hydrogen-bond acceptors (Lipinski definition) is 3. The molecular weight excluding hydrogens is 248 g/mol. The average Bonchev–Trinajstić information content (AvgIpc) is 2.94. The third-order valence-corrected chi connectivity index (χ3v) is 3.06. The number of ether oxygens (including phenoxy) is 1. The lowest BCUT2D eigenvalue weighted by Gasteiger charge is -2.08. The van der Waals surface area contributed by atoms with Gasteiger partial charge in [0, 0.05) is 19.3 Å². The molecular formula is C17H32N2O. The molecule has 1 saturated carbocycles. The highest BCUT2D eigenvalue weighted by Crippen LogP contribution is 2.19. The van der Waals surface area contributed by atoms with Crippen LogP contribution in [0, 0.1) is 6.92 Å². The topological polar surface area (TPSA) is 25.4 Å². The summed E-state index contributed by atoms with van der Waals surface area (Å²) in [5.74, 6) is 0. The first-order valence-electron chi connectivity index (χ1n) is 7.72. The van der Waals surface area contributed by atoms with Crippen LogP contribution in [0.15, 0.2) is 18.2 Å². The summed E-state index contributed by atoms with van der Waals surface area (Å²) in [6.45, 7) is 6.93. The van der Waals surface area contributed by atoms with Crippen molar-refractivity contribution in [2.24, 2.45) is 0 Å². The van der Waals surface area contributed by atoms with Crippen LogP contribution in [0.2, 0.25) is 0 Å². The van der Waals surface area contributed by atoms with E-state index in [0.717, 1.165) is 17.9 Å². The van der Waals surface area contributed by atoms with Crippen LogP contribution in [-0.4, -0.2) is 37.2 Å². The molecule has 3 nitrogen and oxygen atoms in total. The van der Waals surface area contributed by atoms with E-state index in [1.165, 1.54) is 25.7 Å². The first-order chi connectivity index (χ1) is 9.61. The van der Waals surface area contributed by atoms with Crippen LogP contribution < -0.4 is 0 Å². The van der Waals surface area contributed by atoms with Crippen LogP contribution in [0.1, 0.15) is 50.9 Å². The minimum absolute atomic E-state index is 0.597. The van der Waals surface area contributed by atoms with E-state index in [-0.39, 0.29) is 0 Å². The lowest BCUT2D eigenvalue weighted by Crippen LogP contribution is -2.11. The molecule has 0 aliphatic heterocycles. The monoisotopic (exact) mass is 280 g/mol. The number of nitrogens with zero attached hydrogens (tertiary/aromatic N) is 2. The van der Waals surface area contributed by atoms with Crippen molar-refractivity contribution in [3.05, 3.63) is 29.6 Å². The van der Waals surface area contributed by atoms with Gasteiger partial charge in [0.05, 0.1) is 11.8 Å². The van der Waals surface area contributed by atoms with E-state index < -0.39 is 0 Å². The number of hydrogen-bond donors (Lipinski definition) is 0. The highest BCUT2D eigenvalue weighted by atomic mass is 16.5. The van der Waals surface area contributed by atoms with E-state index in [1.54, 1.807) is 7.11 Å². The third kappa shape index (κ3) is 9.05. The SMILES string of the molecule is CC.COC1CCCC1.Cc1cccc(CN(C)C)n1. The highest BCUT2D eigenvalue weighted by Gasteiger charge is 2.12. The van der Waals surface area contributed by atoms with Gasteiger partial charge in [-0.1, -0.05) is 32.8 Å². The molecule has 0 radical (unpaired) electrons. The Labute approximate surface area is 125 Å². The van der Waals surface area contributed by atoms with Crippen LogP contribution in [0.25, 0.3) is 0 Å². The molecule has 0 aromatic carbocycles. The minimum Gasteiger partial charge on any atom is -0.381 e. The summed E-state index contributed by atoms with van der Waals surface area (Å²) in [7, 11) is 5.89. The zero-order valence-corrected chi connectivity index (χ0v) is 14.1. The number of rotatable bonds is 3. The van der Waals surface area contributed by atoms with E-state index in [0.29, 0.717) is 6.10 Å².